The Bertz CT molecular complexity index is 449. The number of fused-ring (bicyclic) bond motifs is 2. The smallest absolute Gasteiger partial charge is 0.322 e. The van der Waals surface area contributed by atoms with Crippen LogP contribution in [0.4, 0.5) is 0 Å². The third kappa shape index (κ3) is 2.65. The number of hydrogen-bond acceptors (Lipinski definition) is 3. The highest BCUT2D eigenvalue weighted by atomic mass is 16.4. The molecule has 2 aliphatic rings. The number of piperazine rings is 1. The van der Waals surface area contributed by atoms with Gasteiger partial charge in [-0.05, 0) is 24.9 Å². The summed E-state index contributed by atoms with van der Waals surface area (Å²) < 4.78 is 0. The average molecular weight is 260 g/mol. The summed E-state index contributed by atoms with van der Waals surface area (Å²) >= 11 is 0. The Balaban J connectivity index is 1.80. The number of carbonyl (C=O) groups is 1. The van der Waals surface area contributed by atoms with E-state index in [1.54, 1.807) is 0 Å². The monoisotopic (exact) mass is 260 g/mol. The van der Waals surface area contributed by atoms with Gasteiger partial charge < -0.3 is 5.11 Å². The van der Waals surface area contributed by atoms with Crippen LogP contribution in [-0.4, -0.2) is 52.6 Å². The second-order valence-corrected chi connectivity index (χ2v) is 5.57. The summed E-state index contributed by atoms with van der Waals surface area (Å²) in [7, 11) is 0. The number of carboxylic acid groups (broad SMARTS) is 1. The molecule has 3 atom stereocenters. The number of hydrogen-bond donors (Lipinski definition) is 1. The minimum Gasteiger partial charge on any atom is -0.480 e. The predicted molar refractivity (Wildman–Crippen MR) is 72.9 cm³/mol. The summed E-state index contributed by atoms with van der Waals surface area (Å²) in [6.07, 6.45) is 2.30. The summed E-state index contributed by atoms with van der Waals surface area (Å²) in [5.41, 5.74) is 1.20. The van der Waals surface area contributed by atoms with Crippen molar-refractivity contribution in [3.05, 3.63) is 35.9 Å². The van der Waals surface area contributed by atoms with E-state index in [0.29, 0.717) is 12.6 Å². The highest BCUT2D eigenvalue weighted by molar-refractivity contribution is 5.74. The Kier molecular flexibility index (Phi) is 3.53. The molecule has 2 saturated heterocycles. The summed E-state index contributed by atoms with van der Waals surface area (Å²) in [5.74, 6) is -0.687. The molecule has 4 heteroatoms. The summed E-state index contributed by atoms with van der Waals surface area (Å²) in [5, 5.41) is 9.47. The molecular weight excluding hydrogens is 240 g/mol. The van der Waals surface area contributed by atoms with Crippen LogP contribution in [0.25, 0.3) is 0 Å². The number of piperidine rings is 1. The van der Waals surface area contributed by atoms with Crippen LogP contribution >= 0.6 is 0 Å². The number of nitrogens with zero attached hydrogens (tertiary/aromatic N) is 2. The minimum absolute atomic E-state index is 0.362. The normalized spacial score (nSPS) is 31.1. The number of benzene rings is 1. The zero-order valence-electron chi connectivity index (χ0n) is 11.0. The number of aliphatic carboxylic acids is 1. The van der Waals surface area contributed by atoms with E-state index < -0.39 is 5.97 Å². The van der Waals surface area contributed by atoms with Crippen LogP contribution < -0.4 is 0 Å². The first kappa shape index (κ1) is 12.6. The Morgan fingerprint density at radius 3 is 2.79 bits per heavy atom. The molecule has 3 unspecified atom stereocenters. The predicted octanol–water partition coefficient (Wildman–Crippen LogP) is 1.42. The lowest BCUT2D eigenvalue weighted by molar-refractivity contribution is -0.149. The van der Waals surface area contributed by atoms with E-state index >= 15 is 0 Å². The third-order valence-electron chi connectivity index (χ3n) is 4.27. The van der Waals surface area contributed by atoms with Crippen molar-refractivity contribution in [3.63, 3.8) is 0 Å². The molecule has 2 fully saturated rings. The van der Waals surface area contributed by atoms with Gasteiger partial charge >= 0.3 is 5.97 Å². The van der Waals surface area contributed by atoms with Gasteiger partial charge in [-0.3, -0.25) is 14.6 Å². The van der Waals surface area contributed by atoms with Gasteiger partial charge in [-0.2, -0.15) is 0 Å². The maximum Gasteiger partial charge on any atom is 0.322 e. The molecule has 2 bridgehead atoms. The van der Waals surface area contributed by atoms with Crippen molar-refractivity contribution in [2.45, 2.75) is 31.5 Å². The highest BCUT2D eigenvalue weighted by Gasteiger charge is 2.39. The SMILES string of the molecule is O=C(O)C1CN2CCCC(C2)N1Cc1ccccc1. The molecule has 1 N–H and O–H groups in total. The van der Waals surface area contributed by atoms with Crippen molar-refractivity contribution in [1.29, 1.82) is 0 Å². The molecule has 0 spiro atoms. The van der Waals surface area contributed by atoms with Crippen LogP contribution in [0.15, 0.2) is 30.3 Å². The first-order valence-electron chi connectivity index (χ1n) is 6.99. The molecule has 0 saturated carbocycles. The zero-order chi connectivity index (χ0) is 13.2. The van der Waals surface area contributed by atoms with E-state index in [2.05, 4.69) is 21.9 Å². The quantitative estimate of drug-likeness (QED) is 0.892. The van der Waals surface area contributed by atoms with Crippen molar-refractivity contribution in [3.8, 4) is 0 Å². The number of rotatable bonds is 3. The second kappa shape index (κ2) is 5.31. The molecular formula is C15H20N2O2. The van der Waals surface area contributed by atoms with E-state index in [1.807, 2.05) is 18.2 Å². The van der Waals surface area contributed by atoms with Crippen molar-refractivity contribution in [2.24, 2.45) is 0 Å². The van der Waals surface area contributed by atoms with Gasteiger partial charge in [0.2, 0.25) is 0 Å². The molecule has 0 radical (unpaired) electrons. The van der Waals surface area contributed by atoms with E-state index in [4.69, 9.17) is 0 Å². The van der Waals surface area contributed by atoms with Crippen molar-refractivity contribution in [2.75, 3.05) is 19.6 Å². The molecule has 0 aromatic heterocycles. The van der Waals surface area contributed by atoms with Gasteiger partial charge in [-0.1, -0.05) is 30.3 Å². The summed E-state index contributed by atoms with van der Waals surface area (Å²) in [6.45, 7) is 3.49. The van der Waals surface area contributed by atoms with Crippen LogP contribution in [0.3, 0.4) is 0 Å². The van der Waals surface area contributed by atoms with Crippen LogP contribution in [0.2, 0.25) is 0 Å². The lowest BCUT2D eigenvalue weighted by Gasteiger charge is -2.48. The highest BCUT2D eigenvalue weighted by Crippen LogP contribution is 2.26. The summed E-state index contributed by atoms with van der Waals surface area (Å²) in [6, 6.07) is 10.2. The largest absolute Gasteiger partial charge is 0.480 e. The van der Waals surface area contributed by atoms with Gasteiger partial charge in [0, 0.05) is 25.7 Å². The summed E-state index contributed by atoms with van der Waals surface area (Å²) in [4.78, 5) is 16.0. The van der Waals surface area contributed by atoms with Gasteiger partial charge in [-0.15, -0.1) is 0 Å². The van der Waals surface area contributed by atoms with Crippen LogP contribution in [0.1, 0.15) is 18.4 Å². The standard InChI is InChI=1S/C15H20N2O2/c18-15(19)14-11-16-8-4-7-13(10-16)17(14)9-12-5-2-1-3-6-12/h1-3,5-6,13-14H,4,7-11H2,(H,18,19). The third-order valence-corrected chi connectivity index (χ3v) is 4.27. The Labute approximate surface area is 113 Å². The molecule has 2 heterocycles. The van der Waals surface area contributed by atoms with E-state index in [-0.39, 0.29) is 6.04 Å². The van der Waals surface area contributed by atoms with Gasteiger partial charge in [0.15, 0.2) is 0 Å². The lowest BCUT2D eigenvalue weighted by atomic mass is 9.96. The van der Waals surface area contributed by atoms with Gasteiger partial charge in [0.1, 0.15) is 6.04 Å². The van der Waals surface area contributed by atoms with E-state index in [0.717, 1.165) is 26.1 Å². The molecule has 102 valence electrons. The molecule has 19 heavy (non-hydrogen) atoms. The Hall–Kier alpha value is -1.39. The Morgan fingerprint density at radius 2 is 2.05 bits per heavy atom. The Morgan fingerprint density at radius 1 is 1.26 bits per heavy atom. The van der Waals surface area contributed by atoms with Gasteiger partial charge in [-0.25, -0.2) is 0 Å². The molecule has 3 rings (SSSR count). The van der Waals surface area contributed by atoms with Gasteiger partial charge in [0.05, 0.1) is 0 Å². The topological polar surface area (TPSA) is 43.8 Å². The van der Waals surface area contributed by atoms with Crippen LogP contribution in [-0.2, 0) is 11.3 Å². The van der Waals surface area contributed by atoms with E-state index in [9.17, 15) is 9.90 Å². The van der Waals surface area contributed by atoms with Crippen molar-refractivity contribution >= 4 is 5.97 Å². The minimum atomic E-state index is -0.687. The second-order valence-electron chi connectivity index (χ2n) is 5.57. The molecule has 0 aliphatic carbocycles. The van der Waals surface area contributed by atoms with Crippen LogP contribution in [0, 0.1) is 0 Å². The van der Waals surface area contributed by atoms with Gasteiger partial charge in [0.25, 0.3) is 0 Å². The fraction of sp³-hybridized carbons (Fsp3) is 0.533. The molecule has 1 aromatic carbocycles. The van der Waals surface area contributed by atoms with Crippen molar-refractivity contribution in [1.82, 2.24) is 9.80 Å². The molecule has 0 amide bonds. The first-order chi connectivity index (χ1) is 9.24. The molecule has 4 nitrogen and oxygen atoms in total. The van der Waals surface area contributed by atoms with Crippen LogP contribution in [0.5, 0.6) is 0 Å². The average Bonchev–Trinajstić information content (AvgIpc) is 2.43. The molecule has 2 aliphatic heterocycles. The zero-order valence-corrected chi connectivity index (χ0v) is 11.0. The first-order valence-corrected chi connectivity index (χ1v) is 6.99. The van der Waals surface area contributed by atoms with E-state index in [1.165, 1.54) is 12.0 Å². The fourth-order valence-corrected chi connectivity index (χ4v) is 3.33. The maximum absolute atomic E-state index is 11.5. The fourth-order valence-electron chi connectivity index (χ4n) is 3.33. The lowest BCUT2D eigenvalue weighted by Crippen LogP contribution is -2.62. The van der Waals surface area contributed by atoms with Crippen molar-refractivity contribution < 1.29 is 9.90 Å². The molecule has 1 aromatic rings. The number of carboxylic acids is 1. The maximum atomic E-state index is 11.5.